The van der Waals surface area contributed by atoms with Gasteiger partial charge in [-0.05, 0) is 25.7 Å². The highest BCUT2D eigenvalue weighted by molar-refractivity contribution is 7.89. The first-order valence-electron chi connectivity index (χ1n) is 6.09. The number of aromatic nitrogens is 2. The Labute approximate surface area is 107 Å². The van der Waals surface area contributed by atoms with Crippen molar-refractivity contribution in [3.8, 4) is 0 Å². The molecule has 1 aromatic heterocycles. The predicted octanol–water partition coefficient (Wildman–Crippen LogP) is 0.916. The van der Waals surface area contributed by atoms with Gasteiger partial charge in [-0.25, -0.2) is 23.1 Å². The summed E-state index contributed by atoms with van der Waals surface area (Å²) in [4.78, 5) is 7.45. The number of nitrogen functional groups attached to an aromatic ring is 1. The maximum absolute atomic E-state index is 12.1. The molecule has 0 spiro atoms. The van der Waals surface area contributed by atoms with Crippen LogP contribution in [-0.2, 0) is 10.0 Å². The van der Waals surface area contributed by atoms with Gasteiger partial charge in [-0.3, -0.25) is 0 Å². The Bertz CT molecular complexity index is 494. The summed E-state index contributed by atoms with van der Waals surface area (Å²) in [6.07, 6.45) is 6.99. The Morgan fingerprint density at radius 3 is 2.44 bits per heavy atom. The second-order valence-electron chi connectivity index (χ2n) is 4.73. The van der Waals surface area contributed by atoms with Gasteiger partial charge in [0.2, 0.25) is 16.0 Å². The Hall–Kier alpha value is -1.21. The molecule has 1 fully saturated rings. The largest absolute Gasteiger partial charge is 0.368 e. The number of anilines is 1. The number of sulfonamides is 1. The fraction of sp³-hybridized carbons (Fsp3) is 0.636. The number of nitrogens with zero attached hydrogens (tertiary/aromatic N) is 2. The fourth-order valence-corrected chi connectivity index (χ4v) is 3.53. The van der Waals surface area contributed by atoms with Gasteiger partial charge in [0, 0.05) is 6.04 Å². The van der Waals surface area contributed by atoms with Crippen LogP contribution in [0.2, 0.25) is 0 Å². The highest BCUT2D eigenvalue weighted by Gasteiger charge is 2.26. The van der Waals surface area contributed by atoms with E-state index in [0.717, 1.165) is 12.8 Å². The molecular formula is C11H18N4O2S. The third-order valence-electron chi connectivity index (χ3n) is 3.41. The third kappa shape index (κ3) is 2.97. The van der Waals surface area contributed by atoms with Crippen LogP contribution in [0.15, 0.2) is 17.3 Å². The van der Waals surface area contributed by atoms with Crippen molar-refractivity contribution in [2.24, 2.45) is 5.92 Å². The molecule has 1 saturated carbocycles. The number of rotatable bonds is 4. The summed E-state index contributed by atoms with van der Waals surface area (Å²) in [6.45, 7) is 1.91. The van der Waals surface area contributed by atoms with Gasteiger partial charge in [-0.2, -0.15) is 0 Å². The molecule has 0 amide bonds. The summed E-state index contributed by atoms with van der Waals surface area (Å²) in [5, 5.41) is 0. The molecular weight excluding hydrogens is 252 g/mol. The van der Waals surface area contributed by atoms with Crippen molar-refractivity contribution in [2.45, 2.75) is 43.5 Å². The first-order valence-corrected chi connectivity index (χ1v) is 7.57. The molecule has 2 rings (SSSR count). The van der Waals surface area contributed by atoms with Crippen molar-refractivity contribution < 1.29 is 8.42 Å². The Kier molecular flexibility index (Phi) is 3.82. The van der Waals surface area contributed by atoms with Crippen molar-refractivity contribution >= 4 is 16.0 Å². The number of nitrogens with two attached hydrogens (primary N) is 1. The van der Waals surface area contributed by atoms with E-state index in [2.05, 4.69) is 14.7 Å². The minimum atomic E-state index is -3.54. The van der Waals surface area contributed by atoms with E-state index in [0.29, 0.717) is 5.92 Å². The van der Waals surface area contributed by atoms with Gasteiger partial charge in [-0.1, -0.05) is 12.8 Å². The van der Waals surface area contributed by atoms with Gasteiger partial charge in [-0.15, -0.1) is 0 Å². The van der Waals surface area contributed by atoms with Crippen LogP contribution < -0.4 is 10.5 Å². The monoisotopic (exact) mass is 270 g/mol. The molecule has 100 valence electrons. The molecule has 0 saturated heterocycles. The lowest BCUT2D eigenvalue weighted by atomic mass is 10.0. The zero-order chi connectivity index (χ0) is 13.2. The van der Waals surface area contributed by atoms with E-state index in [-0.39, 0.29) is 16.9 Å². The van der Waals surface area contributed by atoms with Crippen molar-refractivity contribution in [3.05, 3.63) is 12.4 Å². The Morgan fingerprint density at radius 1 is 1.33 bits per heavy atom. The first-order chi connectivity index (χ1) is 8.49. The molecule has 0 radical (unpaired) electrons. The molecule has 1 heterocycles. The van der Waals surface area contributed by atoms with Crippen LogP contribution in [0.3, 0.4) is 0 Å². The lowest BCUT2D eigenvalue weighted by Gasteiger charge is -2.20. The molecule has 0 bridgehead atoms. The van der Waals surface area contributed by atoms with E-state index in [1.54, 1.807) is 0 Å². The lowest BCUT2D eigenvalue weighted by molar-refractivity contribution is 0.424. The van der Waals surface area contributed by atoms with E-state index >= 15 is 0 Å². The van der Waals surface area contributed by atoms with E-state index in [1.807, 2.05) is 6.92 Å². The van der Waals surface area contributed by atoms with Crippen molar-refractivity contribution in [2.75, 3.05) is 5.73 Å². The maximum atomic E-state index is 12.1. The second kappa shape index (κ2) is 5.19. The third-order valence-corrected chi connectivity index (χ3v) is 4.92. The average Bonchev–Trinajstić information content (AvgIpc) is 2.82. The van der Waals surface area contributed by atoms with Crippen molar-refractivity contribution in [3.63, 3.8) is 0 Å². The summed E-state index contributed by atoms with van der Waals surface area (Å²) in [7, 11) is -3.54. The quantitative estimate of drug-likeness (QED) is 0.847. The number of hydrogen-bond donors (Lipinski definition) is 2. The SMILES string of the molecule is CC(NS(=O)(=O)c1cnc(N)nc1)C1CCCC1. The van der Waals surface area contributed by atoms with E-state index in [4.69, 9.17) is 5.73 Å². The van der Waals surface area contributed by atoms with Crippen molar-refractivity contribution in [1.29, 1.82) is 0 Å². The maximum Gasteiger partial charge on any atom is 0.243 e. The van der Waals surface area contributed by atoms with Crippen LogP contribution in [0.25, 0.3) is 0 Å². The molecule has 0 aromatic carbocycles. The molecule has 18 heavy (non-hydrogen) atoms. The Balaban J connectivity index is 2.09. The topological polar surface area (TPSA) is 98.0 Å². The van der Waals surface area contributed by atoms with Crippen LogP contribution in [-0.4, -0.2) is 24.4 Å². The van der Waals surface area contributed by atoms with Crippen LogP contribution >= 0.6 is 0 Å². The van der Waals surface area contributed by atoms with Gasteiger partial charge in [0.05, 0.1) is 12.4 Å². The van der Waals surface area contributed by atoms with Gasteiger partial charge in [0.1, 0.15) is 4.90 Å². The van der Waals surface area contributed by atoms with Gasteiger partial charge in [0.25, 0.3) is 0 Å². The summed E-state index contributed by atoms with van der Waals surface area (Å²) in [6, 6.07) is -0.0601. The van der Waals surface area contributed by atoms with Crippen molar-refractivity contribution in [1.82, 2.24) is 14.7 Å². The van der Waals surface area contributed by atoms with Gasteiger partial charge >= 0.3 is 0 Å². The fourth-order valence-electron chi connectivity index (χ4n) is 2.33. The number of nitrogens with one attached hydrogen (secondary N) is 1. The van der Waals surface area contributed by atoms with Gasteiger partial charge < -0.3 is 5.73 Å². The smallest absolute Gasteiger partial charge is 0.243 e. The molecule has 6 nitrogen and oxygen atoms in total. The molecule has 1 aliphatic carbocycles. The molecule has 3 N–H and O–H groups in total. The highest BCUT2D eigenvalue weighted by Crippen LogP contribution is 2.28. The number of hydrogen-bond acceptors (Lipinski definition) is 5. The highest BCUT2D eigenvalue weighted by atomic mass is 32.2. The molecule has 1 aromatic rings. The molecule has 1 unspecified atom stereocenters. The molecule has 1 atom stereocenters. The summed E-state index contributed by atoms with van der Waals surface area (Å²) < 4.78 is 26.8. The first kappa shape index (κ1) is 13.2. The van der Waals surface area contributed by atoms with Crippen LogP contribution in [0.5, 0.6) is 0 Å². The van der Waals surface area contributed by atoms with E-state index in [1.165, 1.54) is 25.2 Å². The lowest BCUT2D eigenvalue weighted by Crippen LogP contribution is -2.37. The van der Waals surface area contributed by atoms with Crippen LogP contribution in [0.4, 0.5) is 5.95 Å². The minimum Gasteiger partial charge on any atom is -0.368 e. The zero-order valence-electron chi connectivity index (χ0n) is 10.3. The standard InChI is InChI=1S/C11H18N4O2S/c1-8(9-4-2-3-5-9)15-18(16,17)10-6-13-11(12)14-7-10/h6-9,15H,2-5H2,1H3,(H2,12,13,14). The minimum absolute atomic E-state index is 0.0570. The molecule has 7 heteroatoms. The zero-order valence-corrected chi connectivity index (χ0v) is 11.2. The van der Waals surface area contributed by atoms with Crippen LogP contribution in [0, 0.1) is 5.92 Å². The predicted molar refractivity (Wildman–Crippen MR) is 68.2 cm³/mol. The average molecular weight is 270 g/mol. The molecule has 0 aliphatic heterocycles. The summed E-state index contributed by atoms with van der Waals surface area (Å²) in [5.74, 6) is 0.493. The van der Waals surface area contributed by atoms with Crippen LogP contribution in [0.1, 0.15) is 32.6 Å². The molecule has 1 aliphatic rings. The normalized spacial score (nSPS) is 18.9. The van der Waals surface area contributed by atoms with E-state index < -0.39 is 10.0 Å². The summed E-state index contributed by atoms with van der Waals surface area (Å²) >= 11 is 0. The second-order valence-corrected chi connectivity index (χ2v) is 6.45. The van der Waals surface area contributed by atoms with Gasteiger partial charge in [0.15, 0.2) is 0 Å². The summed E-state index contributed by atoms with van der Waals surface area (Å²) in [5.41, 5.74) is 5.33. The van der Waals surface area contributed by atoms with E-state index in [9.17, 15) is 8.42 Å². The Morgan fingerprint density at radius 2 is 1.89 bits per heavy atom.